The van der Waals surface area contributed by atoms with Crippen LogP contribution in [-0.2, 0) is 0 Å². The molecule has 3 rings (SSSR count). The maximum absolute atomic E-state index is 12.1. The summed E-state index contributed by atoms with van der Waals surface area (Å²) in [6.07, 6.45) is 2.99. The van der Waals surface area contributed by atoms with Gasteiger partial charge in [-0.15, -0.1) is 0 Å². The molecule has 0 aliphatic rings. The summed E-state index contributed by atoms with van der Waals surface area (Å²) in [4.78, 5) is 16.4. The summed E-state index contributed by atoms with van der Waals surface area (Å²) in [6.45, 7) is 0. The number of anilines is 1. The second-order valence-electron chi connectivity index (χ2n) is 5.13. The van der Waals surface area contributed by atoms with Crippen LogP contribution in [0.15, 0.2) is 70.3 Å². The molecule has 0 spiro atoms. The first kappa shape index (κ1) is 16.3. The predicted molar refractivity (Wildman–Crippen MR) is 95.0 cm³/mol. The minimum atomic E-state index is -0.367. The lowest BCUT2D eigenvalue weighted by Gasteiger charge is -2.10. The number of furan rings is 1. The number of ether oxygens (including phenoxy) is 1. The smallest absolute Gasteiger partial charge is 0.291 e. The standard InChI is InChI=1S/C19H16N2O4/c1-24-18-11-14(20-12-13-5-2-3-6-16(13)22)8-9-15(18)21-19(23)17-7-4-10-25-17/h2-12,22H,1H3,(H,21,23). The van der Waals surface area contributed by atoms with E-state index in [1.165, 1.54) is 13.4 Å². The van der Waals surface area contributed by atoms with Crippen molar-refractivity contribution >= 4 is 23.5 Å². The number of aliphatic imine (C=N–C) groups is 1. The van der Waals surface area contributed by atoms with E-state index in [0.29, 0.717) is 22.7 Å². The van der Waals surface area contributed by atoms with Crippen LogP contribution in [0.25, 0.3) is 0 Å². The van der Waals surface area contributed by atoms with Crippen molar-refractivity contribution in [2.75, 3.05) is 12.4 Å². The SMILES string of the molecule is COc1cc(N=Cc2ccccc2O)ccc1NC(=O)c1ccco1. The van der Waals surface area contributed by atoms with Crippen molar-refractivity contribution < 1.29 is 19.1 Å². The van der Waals surface area contributed by atoms with Crippen LogP contribution in [-0.4, -0.2) is 24.3 Å². The molecule has 0 atom stereocenters. The maximum Gasteiger partial charge on any atom is 0.291 e. The second kappa shape index (κ2) is 7.35. The molecule has 0 fully saturated rings. The van der Waals surface area contributed by atoms with Crippen LogP contribution < -0.4 is 10.1 Å². The van der Waals surface area contributed by atoms with Crippen molar-refractivity contribution in [3.63, 3.8) is 0 Å². The number of carbonyl (C=O) groups excluding carboxylic acids is 1. The quantitative estimate of drug-likeness (QED) is 0.690. The third kappa shape index (κ3) is 3.87. The monoisotopic (exact) mass is 336 g/mol. The molecule has 0 unspecified atom stereocenters. The number of phenols is 1. The summed E-state index contributed by atoms with van der Waals surface area (Å²) in [5.41, 5.74) is 1.73. The lowest BCUT2D eigenvalue weighted by Crippen LogP contribution is -2.11. The van der Waals surface area contributed by atoms with E-state index in [1.54, 1.807) is 54.7 Å². The van der Waals surface area contributed by atoms with Crippen LogP contribution in [0.1, 0.15) is 16.1 Å². The molecule has 3 aromatic rings. The van der Waals surface area contributed by atoms with Gasteiger partial charge in [0, 0.05) is 17.8 Å². The zero-order valence-electron chi connectivity index (χ0n) is 13.5. The zero-order chi connectivity index (χ0) is 17.6. The number of hydrogen-bond acceptors (Lipinski definition) is 5. The number of carbonyl (C=O) groups is 1. The van der Waals surface area contributed by atoms with Gasteiger partial charge in [-0.25, -0.2) is 0 Å². The van der Waals surface area contributed by atoms with Gasteiger partial charge in [-0.1, -0.05) is 12.1 Å². The lowest BCUT2D eigenvalue weighted by atomic mass is 10.2. The molecule has 0 aliphatic carbocycles. The average molecular weight is 336 g/mol. The molecular formula is C19H16N2O4. The Morgan fingerprint density at radius 1 is 1.20 bits per heavy atom. The number of benzene rings is 2. The van der Waals surface area contributed by atoms with E-state index in [2.05, 4.69) is 10.3 Å². The molecule has 2 N–H and O–H groups in total. The molecule has 2 aromatic carbocycles. The minimum Gasteiger partial charge on any atom is -0.507 e. The molecule has 1 amide bonds. The van der Waals surface area contributed by atoms with Gasteiger partial charge in [0.1, 0.15) is 11.5 Å². The van der Waals surface area contributed by atoms with E-state index in [9.17, 15) is 9.90 Å². The van der Waals surface area contributed by atoms with E-state index < -0.39 is 0 Å². The van der Waals surface area contributed by atoms with Crippen LogP contribution in [0.2, 0.25) is 0 Å². The van der Waals surface area contributed by atoms with Gasteiger partial charge in [0.25, 0.3) is 5.91 Å². The van der Waals surface area contributed by atoms with Gasteiger partial charge in [0.2, 0.25) is 0 Å². The number of para-hydroxylation sites is 1. The Kier molecular flexibility index (Phi) is 4.80. The van der Waals surface area contributed by atoms with Crippen LogP contribution in [0, 0.1) is 0 Å². The Morgan fingerprint density at radius 2 is 2.04 bits per heavy atom. The van der Waals surface area contributed by atoms with Crippen LogP contribution in [0.3, 0.4) is 0 Å². The third-order valence-corrected chi connectivity index (χ3v) is 3.47. The number of methoxy groups -OCH3 is 1. The molecule has 0 radical (unpaired) electrons. The van der Waals surface area contributed by atoms with Gasteiger partial charge < -0.3 is 19.6 Å². The summed E-state index contributed by atoms with van der Waals surface area (Å²) >= 11 is 0. The average Bonchev–Trinajstić information content (AvgIpc) is 3.17. The zero-order valence-corrected chi connectivity index (χ0v) is 13.5. The number of nitrogens with one attached hydrogen (secondary N) is 1. The summed E-state index contributed by atoms with van der Waals surface area (Å²) < 4.78 is 10.4. The van der Waals surface area contributed by atoms with Gasteiger partial charge in [0.05, 0.1) is 24.7 Å². The van der Waals surface area contributed by atoms with Crippen LogP contribution in [0.5, 0.6) is 11.5 Å². The Bertz CT molecular complexity index is 902. The minimum absolute atomic E-state index is 0.153. The molecule has 6 nitrogen and oxygen atoms in total. The molecule has 126 valence electrons. The second-order valence-corrected chi connectivity index (χ2v) is 5.13. The topological polar surface area (TPSA) is 84.1 Å². The van der Waals surface area contributed by atoms with Crippen molar-refractivity contribution in [1.82, 2.24) is 0 Å². The van der Waals surface area contributed by atoms with Crippen molar-refractivity contribution in [1.29, 1.82) is 0 Å². The molecule has 1 heterocycles. The normalized spacial score (nSPS) is 10.8. The molecular weight excluding hydrogens is 320 g/mol. The molecule has 0 saturated carbocycles. The number of amides is 1. The van der Waals surface area contributed by atoms with Gasteiger partial charge in [0.15, 0.2) is 5.76 Å². The van der Waals surface area contributed by atoms with E-state index in [4.69, 9.17) is 9.15 Å². The van der Waals surface area contributed by atoms with Crippen LogP contribution in [0.4, 0.5) is 11.4 Å². The molecule has 0 saturated heterocycles. The highest BCUT2D eigenvalue weighted by molar-refractivity contribution is 6.03. The van der Waals surface area contributed by atoms with Crippen molar-refractivity contribution in [2.24, 2.45) is 4.99 Å². The highest BCUT2D eigenvalue weighted by Crippen LogP contribution is 2.30. The summed E-state index contributed by atoms with van der Waals surface area (Å²) in [6, 6.07) is 15.2. The summed E-state index contributed by atoms with van der Waals surface area (Å²) in [7, 11) is 1.51. The number of aromatic hydroxyl groups is 1. The van der Waals surface area contributed by atoms with E-state index in [-0.39, 0.29) is 17.4 Å². The first-order chi connectivity index (χ1) is 12.2. The van der Waals surface area contributed by atoms with Crippen molar-refractivity contribution in [2.45, 2.75) is 0 Å². The van der Waals surface area contributed by atoms with E-state index in [0.717, 1.165) is 0 Å². The first-order valence-electron chi connectivity index (χ1n) is 7.52. The van der Waals surface area contributed by atoms with Gasteiger partial charge in [-0.05, 0) is 36.4 Å². The van der Waals surface area contributed by atoms with Crippen LogP contribution >= 0.6 is 0 Å². The Morgan fingerprint density at radius 3 is 2.76 bits per heavy atom. The van der Waals surface area contributed by atoms with E-state index in [1.807, 2.05) is 6.07 Å². The first-order valence-corrected chi connectivity index (χ1v) is 7.52. The van der Waals surface area contributed by atoms with Crippen molar-refractivity contribution in [3.8, 4) is 11.5 Å². The molecule has 0 aliphatic heterocycles. The van der Waals surface area contributed by atoms with Gasteiger partial charge in [-0.3, -0.25) is 9.79 Å². The fraction of sp³-hybridized carbons (Fsp3) is 0.0526. The Labute approximate surface area is 144 Å². The number of nitrogens with zero attached hydrogens (tertiary/aromatic N) is 1. The summed E-state index contributed by atoms with van der Waals surface area (Å²) in [5.74, 6) is 0.463. The lowest BCUT2D eigenvalue weighted by molar-refractivity contribution is 0.0996. The fourth-order valence-electron chi connectivity index (χ4n) is 2.20. The highest BCUT2D eigenvalue weighted by Gasteiger charge is 2.12. The summed E-state index contributed by atoms with van der Waals surface area (Å²) in [5, 5.41) is 12.5. The third-order valence-electron chi connectivity index (χ3n) is 3.47. The predicted octanol–water partition coefficient (Wildman–Crippen LogP) is 4.00. The van der Waals surface area contributed by atoms with Gasteiger partial charge >= 0.3 is 0 Å². The highest BCUT2D eigenvalue weighted by atomic mass is 16.5. The molecule has 25 heavy (non-hydrogen) atoms. The molecule has 6 heteroatoms. The Hall–Kier alpha value is -3.54. The largest absolute Gasteiger partial charge is 0.507 e. The molecule has 0 bridgehead atoms. The fourth-order valence-corrected chi connectivity index (χ4v) is 2.20. The van der Waals surface area contributed by atoms with Gasteiger partial charge in [-0.2, -0.15) is 0 Å². The number of phenolic OH excluding ortho intramolecular Hbond substituents is 1. The molecule has 1 aromatic heterocycles. The Balaban J connectivity index is 1.80. The number of hydrogen-bond donors (Lipinski definition) is 2. The van der Waals surface area contributed by atoms with E-state index >= 15 is 0 Å². The van der Waals surface area contributed by atoms with Crippen molar-refractivity contribution in [3.05, 3.63) is 72.2 Å². The number of rotatable bonds is 5. The maximum atomic E-state index is 12.1.